The van der Waals surface area contributed by atoms with Gasteiger partial charge in [-0.1, -0.05) is 13.8 Å². The summed E-state index contributed by atoms with van der Waals surface area (Å²) < 4.78 is 0. The smallest absolute Gasteiger partial charge is 0.243 e. The van der Waals surface area contributed by atoms with E-state index in [0.717, 1.165) is 0 Å². The average Bonchev–Trinajstić information content (AvgIpc) is 2.59. The van der Waals surface area contributed by atoms with E-state index in [1.165, 1.54) is 0 Å². The lowest BCUT2D eigenvalue weighted by Gasteiger charge is -2.20. The van der Waals surface area contributed by atoms with E-state index in [0.29, 0.717) is 12.8 Å². The second kappa shape index (κ2) is 4.96. The Morgan fingerprint density at radius 1 is 1.50 bits per heavy atom. The normalized spacial score (nSPS) is 21.7. The van der Waals surface area contributed by atoms with Crippen LogP contribution in [0.25, 0.3) is 0 Å². The average molecular weight is 227 g/mol. The second-order valence-corrected chi connectivity index (χ2v) is 4.29. The number of carbonyl (C=O) groups excluding carboxylic acids is 3. The first-order valence-electron chi connectivity index (χ1n) is 5.31. The summed E-state index contributed by atoms with van der Waals surface area (Å²) in [5.41, 5.74) is 5.17. The van der Waals surface area contributed by atoms with E-state index in [9.17, 15) is 14.4 Å². The summed E-state index contributed by atoms with van der Waals surface area (Å²) in [4.78, 5) is 33.7. The number of hydrogen-bond donors (Lipinski definition) is 3. The van der Waals surface area contributed by atoms with Gasteiger partial charge in [0.15, 0.2) is 0 Å². The molecule has 0 saturated carbocycles. The van der Waals surface area contributed by atoms with Crippen LogP contribution in [0.2, 0.25) is 0 Å². The summed E-state index contributed by atoms with van der Waals surface area (Å²) in [6, 6.07) is -1.22. The van der Waals surface area contributed by atoms with Gasteiger partial charge in [0.2, 0.25) is 17.7 Å². The Morgan fingerprint density at radius 3 is 2.50 bits per heavy atom. The van der Waals surface area contributed by atoms with Crippen molar-refractivity contribution in [1.82, 2.24) is 10.6 Å². The maximum Gasteiger partial charge on any atom is 0.243 e. The van der Waals surface area contributed by atoms with E-state index >= 15 is 0 Å². The van der Waals surface area contributed by atoms with Crippen LogP contribution in [0.1, 0.15) is 26.7 Å². The molecule has 3 amide bonds. The van der Waals surface area contributed by atoms with Crippen molar-refractivity contribution in [3.8, 4) is 0 Å². The molecule has 1 aliphatic rings. The number of amides is 3. The molecule has 0 aromatic carbocycles. The van der Waals surface area contributed by atoms with Gasteiger partial charge in [-0.25, -0.2) is 0 Å². The fourth-order valence-corrected chi connectivity index (χ4v) is 1.63. The Kier molecular flexibility index (Phi) is 3.87. The van der Waals surface area contributed by atoms with E-state index in [1.807, 2.05) is 0 Å². The maximum absolute atomic E-state index is 11.7. The van der Waals surface area contributed by atoms with Gasteiger partial charge in [0.05, 0.1) is 0 Å². The third-order valence-corrected chi connectivity index (χ3v) is 2.58. The minimum Gasteiger partial charge on any atom is -0.368 e. The molecule has 0 aromatic rings. The lowest BCUT2D eigenvalue weighted by molar-refractivity contribution is -0.130. The standard InChI is InChI=1S/C10H17N3O3/c1-5(2)8(9(11)15)13-10(16)6-3-4-7(14)12-6/h5-6,8H,3-4H2,1-2H3,(H2,11,15)(H,12,14)(H,13,16)/t6-,8+/m0/s1. The summed E-state index contributed by atoms with van der Waals surface area (Å²) in [6.07, 6.45) is 0.815. The van der Waals surface area contributed by atoms with Crippen LogP contribution in [0.5, 0.6) is 0 Å². The van der Waals surface area contributed by atoms with Crippen molar-refractivity contribution in [1.29, 1.82) is 0 Å². The zero-order valence-electron chi connectivity index (χ0n) is 9.45. The monoisotopic (exact) mass is 227 g/mol. The maximum atomic E-state index is 11.7. The molecule has 16 heavy (non-hydrogen) atoms. The number of hydrogen-bond acceptors (Lipinski definition) is 3. The molecule has 1 heterocycles. The van der Waals surface area contributed by atoms with E-state index in [-0.39, 0.29) is 17.7 Å². The summed E-state index contributed by atoms with van der Waals surface area (Å²) in [5.74, 6) is -1.12. The fourth-order valence-electron chi connectivity index (χ4n) is 1.63. The Balaban J connectivity index is 2.55. The predicted octanol–water partition coefficient (Wildman–Crippen LogP) is -1.11. The van der Waals surface area contributed by atoms with Gasteiger partial charge in [0.25, 0.3) is 0 Å². The SMILES string of the molecule is CC(C)[C@@H](NC(=O)[C@@H]1CCC(=O)N1)C(N)=O. The van der Waals surface area contributed by atoms with Gasteiger partial charge in [0, 0.05) is 6.42 Å². The van der Waals surface area contributed by atoms with Gasteiger partial charge < -0.3 is 16.4 Å². The topological polar surface area (TPSA) is 101 Å². The molecule has 0 radical (unpaired) electrons. The molecule has 1 saturated heterocycles. The van der Waals surface area contributed by atoms with Crippen molar-refractivity contribution in [2.75, 3.05) is 0 Å². The summed E-state index contributed by atoms with van der Waals surface area (Å²) in [6.45, 7) is 3.59. The number of rotatable bonds is 4. The van der Waals surface area contributed by atoms with Crippen LogP contribution in [0.4, 0.5) is 0 Å². The first kappa shape index (κ1) is 12.5. The van der Waals surface area contributed by atoms with Crippen LogP contribution >= 0.6 is 0 Å². The van der Waals surface area contributed by atoms with Gasteiger partial charge in [-0.05, 0) is 12.3 Å². The first-order valence-corrected chi connectivity index (χ1v) is 5.31. The molecular formula is C10H17N3O3. The van der Waals surface area contributed by atoms with Crippen LogP contribution in [0, 0.1) is 5.92 Å². The number of carbonyl (C=O) groups is 3. The molecule has 0 spiro atoms. The molecule has 1 rings (SSSR count). The molecule has 0 bridgehead atoms. The molecule has 1 fully saturated rings. The molecule has 4 N–H and O–H groups in total. The van der Waals surface area contributed by atoms with E-state index in [4.69, 9.17) is 5.73 Å². The number of nitrogens with one attached hydrogen (secondary N) is 2. The number of primary amides is 1. The van der Waals surface area contributed by atoms with Crippen LogP contribution in [-0.2, 0) is 14.4 Å². The quantitative estimate of drug-likeness (QED) is 0.567. The highest BCUT2D eigenvalue weighted by atomic mass is 16.2. The third-order valence-electron chi connectivity index (χ3n) is 2.58. The van der Waals surface area contributed by atoms with E-state index in [2.05, 4.69) is 10.6 Å². The van der Waals surface area contributed by atoms with Gasteiger partial charge in [0.1, 0.15) is 12.1 Å². The Hall–Kier alpha value is -1.59. The summed E-state index contributed by atoms with van der Waals surface area (Å²) >= 11 is 0. The largest absolute Gasteiger partial charge is 0.368 e. The predicted molar refractivity (Wildman–Crippen MR) is 57.1 cm³/mol. The summed E-state index contributed by atoms with van der Waals surface area (Å²) in [5, 5.41) is 5.08. The Bertz CT molecular complexity index is 314. The summed E-state index contributed by atoms with van der Waals surface area (Å²) in [7, 11) is 0. The van der Waals surface area contributed by atoms with Crippen molar-refractivity contribution >= 4 is 17.7 Å². The van der Waals surface area contributed by atoms with Crippen molar-refractivity contribution in [2.24, 2.45) is 11.7 Å². The van der Waals surface area contributed by atoms with Crippen molar-refractivity contribution in [3.63, 3.8) is 0 Å². The zero-order valence-corrected chi connectivity index (χ0v) is 9.45. The minimum atomic E-state index is -0.690. The van der Waals surface area contributed by atoms with Crippen LogP contribution in [0.15, 0.2) is 0 Å². The molecule has 90 valence electrons. The Labute approximate surface area is 93.9 Å². The highest BCUT2D eigenvalue weighted by Crippen LogP contribution is 2.08. The van der Waals surface area contributed by atoms with Crippen LogP contribution < -0.4 is 16.4 Å². The molecule has 0 aromatic heterocycles. The van der Waals surface area contributed by atoms with Gasteiger partial charge in [-0.3, -0.25) is 14.4 Å². The van der Waals surface area contributed by atoms with E-state index in [1.54, 1.807) is 13.8 Å². The van der Waals surface area contributed by atoms with Crippen LogP contribution in [0.3, 0.4) is 0 Å². The van der Waals surface area contributed by atoms with Gasteiger partial charge in [-0.15, -0.1) is 0 Å². The Morgan fingerprint density at radius 2 is 2.12 bits per heavy atom. The lowest BCUT2D eigenvalue weighted by atomic mass is 10.0. The van der Waals surface area contributed by atoms with Crippen molar-refractivity contribution in [3.05, 3.63) is 0 Å². The number of nitrogens with two attached hydrogens (primary N) is 1. The highest BCUT2D eigenvalue weighted by molar-refractivity contribution is 5.93. The van der Waals surface area contributed by atoms with E-state index < -0.39 is 18.0 Å². The molecule has 6 nitrogen and oxygen atoms in total. The second-order valence-electron chi connectivity index (χ2n) is 4.29. The molecular weight excluding hydrogens is 210 g/mol. The zero-order chi connectivity index (χ0) is 12.3. The molecule has 0 unspecified atom stereocenters. The van der Waals surface area contributed by atoms with Crippen LogP contribution in [-0.4, -0.2) is 29.8 Å². The fraction of sp³-hybridized carbons (Fsp3) is 0.700. The molecule has 2 atom stereocenters. The first-order chi connectivity index (χ1) is 7.41. The minimum absolute atomic E-state index is 0.0708. The van der Waals surface area contributed by atoms with Crippen molar-refractivity contribution < 1.29 is 14.4 Å². The third kappa shape index (κ3) is 2.95. The van der Waals surface area contributed by atoms with Crippen molar-refractivity contribution in [2.45, 2.75) is 38.8 Å². The highest BCUT2D eigenvalue weighted by Gasteiger charge is 2.30. The lowest BCUT2D eigenvalue weighted by Crippen LogP contribution is -2.52. The molecule has 1 aliphatic heterocycles. The van der Waals surface area contributed by atoms with Gasteiger partial charge >= 0.3 is 0 Å². The van der Waals surface area contributed by atoms with Gasteiger partial charge in [-0.2, -0.15) is 0 Å². The molecule has 6 heteroatoms. The molecule has 0 aliphatic carbocycles.